The molecular weight excluding hydrogens is 254 g/mol. The van der Waals surface area contributed by atoms with Gasteiger partial charge in [-0.05, 0) is 11.8 Å². The number of nitrogens with one attached hydrogen (secondary N) is 1. The smallest absolute Gasteiger partial charge is 0.0794 e. The van der Waals surface area contributed by atoms with Crippen molar-refractivity contribution in [3.8, 4) is 0 Å². The Bertz CT molecular complexity index is 363. The molecule has 1 fully saturated rings. The molecule has 0 radical (unpaired) electrons. The van der Waals surface area contributed by atoms with Gasteiger partial charge in [-0.25, -0.2) is 0 Å². The highest BCUT2D eigenvalue weighted by Crippen LogP contribution is 2.23. The van der Waals surface area contributed by atoms with E-state index in [1.807, 2.05) is 11.7 Å². The zero-order valence-electron chi connectivity index (χ0n) is 12.6. The van der Waals surface area contributed by atoms with Crippen molar-refractivity contribution in [1.29, 1.82) is 0 Å². The predicted octanol–water partition coefficient (Wildman–Crippen LogP) is 2.99. The van der Waals surface area contributed by atoms with Crippen LogP contribution < -0.4 is 5.32 Å². The first-order valence-corrected chi connectivity index (χ1v) is 8.34. The molecule has 0 aromatic carbocycles. The summed E-state index contributed by atoms with van der Waals surface area (Å²) in [5.74, 6) is 1.44. The Morgan fingerprint density at radius 1 is 1.47 bits per heavy atom. The van der Waals surface area contributed by atoms with Crippen molar-refractivity contribution in [3.63, 3.8) is 0 Å². The second kappa shape index (κ2) is 6.82. The first-order valence-electron chi connectivity index (χ1n) is 7.46. The van der Waals surface area contributed by atoms with Gasteiger partial charge < -0.3 is 5.32 Å². The van der Waals surface area contributed by atoms with Gasteiger partial charge in [-0.15, -0.1) is 11.3 Å². The summed E-state index contributed by atoms with van der Waals surface area (Å²) in [6.45, 7) is 12.6. The molecule has 1 N–H and O–H groups in total. The molecule has 19 heavy (non-hydrogen) atoms. The van der Waals surface area contributed by atoms with E-state index in [1.54, 1.807) is 11.3 Å². The van der Waals surface area contributed by atoms with E-state index < -0.39 is 0 Å². The minimum Gasteiger partial charge on any atom is -0.311 e. The van der Waals surface area contributed by atoms with Crippen molar-refractivity contribution in [3.05, 3.63) is 16.6 Å². The van der Waals surface area contributed by atoms with Gasteiger partial charge in [-0.2, -0.15) is 0 Å². The molecule has 1 aliphatic rings. The lowest BCUT2D eigenvalue weighted by Crippen LogP contribution is -2.59. The summed E-state index contributed by atoms with van der Waals surface area (Å²) in [7, 11) is 0. The van der Waals surface area contributed by atoms with Crippen molar-refractivity contribution < 1.29 is 0 Å². The maximum absolute atomic E-state index is 4.21. The van der Waals surface area contributed by atoms with Crippen LogP contribution in [0.4, 0.5) is 0 Å². The first kappa shape index (κ1) is 14.9. The van der Waals surface area contributed by atoms with E-state index in [1.165, 1.54) is 11.3 Å². The number of piperazine rings is 1. The molecule has 0 bridgehead atoms. The van der Waals surface area contributed by atoms with Crippen molar-refractivity contribution in [2.45, 2.75) is 52.7 Å². The monoisotopic (exact) mass is 281 g/mol. The number of hydrogen-bond acceptors (Lipinski definition) is 4. The highest BCUT2D eigenvalue weighted by Gasteiger charge is 2.31. The Kier molecular flexibility index (Phi) is 5.37. The number of nitrogens with zero attached hydrogens (tertiary/aromatic N) is 2. The molecule has 0 spiro atoms. The lowest BCUT2D eigenvalue weighted by molar-refractivity contribution is 0.0731. The molecule has 4 heteroatoms. The van der Waals surface area contributed by atoms with Gasteiger partial charge in [-0.3, -0.25) is 9.88 Å². The highest BCUT2D eigenvalue weighted by molar-refractivity contribution is 7.09. The van der Waals surface area contributed by atoms with E-state index in [0.29, 0.717) is 18.0 Å². The third kappa shape index (κ3) is 3.77. The molecule has 1 aromatic rings. The Morgan fingerprint density at radius 2 is 2.26 bits per heavy atom. The van der Waals surface area contributed by atoms with E-state index in [9.17, 15) is 0 Å². The van der Waals surface area contributed by atoms with Crippen molar-refractivity contribution in [1.82, 2.24) is 15.2 Å². The van der Waals surface area contributed by atoms with Gasteiger partial charge in [0.15, 0.2) is 0 Å². The Hall–Kier alpha value is -0.450. The predicted molar refractivity (Wildman–Crippen MR) is 82.4 cm³/mol. The van der Waals surface area contributed by atoms with Crippen LogP contribution in [0.15, 0.2) is 11.7 Å². The van der Waals surface area contributed by atoms with Crippen LogP contribution >= 0.6 is 11.3 Å². The SMILES string of the molecule is CCC(C)C1CNC(C(C)C)CN1Cc1cncs1. The fraction of sp³-hybridized carbons (Fsp3) is 0.800. The van der Waals surface area contributed by atoms with E-state index in [4.69, 9.17) is 0 Å². The lowest BCUT2D eigenvalue weighted by atomic mass is 9.92. The van der Waals surface area contributed by atoms with E-state index in [2.05, 4.69) is 42.9 Å². The van der Waals surface area contributed by atoms with Gasteiger partial charge in [0.1, 0.15) is 0 Å². The van der Waals surface area contributed by atoms with Crippen LogP contribution in [-0.4, -0.2) is 35.1 Å². The molecule has 2 heterocycles. The third-order valence-electron chi connectivity index (χ3n) is 4.44. The molecule has 0 aliphatic carbocycles. The number of aromatic nitrogens is 1. The minimum atomic E-state index is 0.619. The van der Waals surface area contributed by atoms with Gasteiger partial charge >= 0.3 is 0 Å². The fourth-order valence-corrected chi connectivity index (χ4v) is 3.45. The summed E-state index contributed by atoms with van der Waals surface area (Å²) in [5.41, 5.74) is 1.94. The Labute approximate surface area is 121 Å². The molecule has 0 saturated carbocycles. The third-order valence-corrected chi connectivity index (χ3v) is 5.20. The van der Waals surface area contributed by atoms with Crippen LogP contribution in [0.25, 0.3) is 0 Å². The van der Waals surface area contributed by atoms with Gasteiger partial charge in [0.05, 0.1) is 5.51 Å². The molecule has 2 rings (SSSR count). The normalized spacial score (nSPS) is 26.8. The van der Waals surface area contributed by atoms with Gasteiger partial charge in [-0.1, -0.05) is 34.1 Å². The summed E-state index contributed by atoms with van der Waals surface area (Å²) in [6, 6.07) is 1.27. The van der Waals surface area contributed by atoms with Crippen LogP contribution in [0.1, 0.15) is 39.0 Å². The molecule has 3 unspecified atom stereocenters. The summed E-state index contributed by atoms with van der Waals surface area (Å²) >= 11 is 1.77. The van der Waals surface area contributed by atoms with E-state index in [-0.39, 0.29) is 0 Å². The average molecular weight is 281 g/mol. The van der Waals surface area contributed by atoms with Crippen LogP contribution in [0.5, 0.6) is 0 Å². The molecule has 1 aromatic heterocycles. The zero-order valence-corrected chi connectivity index (χ0v) is 13.4. The summed E-state index contributed by atoms with van der Waals surface area (Å²) in [6.07, 6.45) is 3.27. The van der Waals surface area contributed by atoms with Crippen LogP contribution in [0.3, 0.4) is 0 Å². The Balaban J connectivity index is 2.06. The minimum absolute atomic E-state index is 0.619. The fourth-order valence-electron chi connectivity index (χ4n) is 2.84. The average Bonchev–Trinajstić information content (AvgIpc) is 2.90. The number of hydrogen-bond donors (Lipinski definition) is 1. The van der Waals surface area contributed by atoms with Crippen LogP contribution in [-0.2, 0) is 6.54 Å². The van der Waals surface area contributed by atoms with Crippen molar-refractivity contribution >= 4 is 11.3 Å². The molecule has 108 valence electrons. The standard InChI is InChI=1S/C15H27N3S/c1-5-12(4)15-7-17-14(11(2)3)9-18(15)8-13-6-16-10-19-13/h6,10-12,14-15,17H,5,7-9H2,1-4H3. The molecule has 3 atom stereocenters. The van der Waals surface area contributed by atoms with Gasteiger partial charge in [0.25, 0.3) is 0 Å². The van der Waals surface area contributed by atoms with Gasteiger partial charge in [0, 0.05) is 42.8 Å². The summed E-state index contributed by atoms with van der Waals surface area (Å²) in [4.78, 5) is 8.26. The lowest BCUT2D eigenvalue weighted by Gasteiger charge is -2.44. The maximum Gasteiger partial charge on any atom is 0.0794 e. The van der Waals surface area contributed by atoms with Crippen LogP contribution in [0, 0.1) is 11.8 Å². The molecule has 1 aliphatic heterocycles. The number of thiazole rings is 1. The molecule has 1 saturated heterocycles. The zero-order chi connectivity index (χ0) is 13.8. The maximum atomic E-state index is 4.21. The second-order valence-corrected chi connectivity index (χ2v) is 7.08. The quantitative estimate of drug-likeness (QED) is 0.899. The van der Waals surface area contributed by atoms with Crippen molar-refractivity contribution in [2.24, 2.45) is 11.8 Å². The van der Waals surface area contributed by atoms with Gasteiger partial charge in [0.2, 0.25) is 0 Å². The van der Waals surface area contributed by atoms with Crippen molar-refractivity contribution in [2.75, 3.05) is 13.1 Å². The largest absolute Gasteiger partial charge is 0.311 e. The topological polar surface area (TPSA) is 28.2 Å². The summed E-state index contributed by atoms with van der Waals surface area (Å²) < 4.78 is 0. The summed E-state index contributed by atoms with van der Waals surface area (Å²) in [5, 5.41) is 3.74. The number of rotatable bonds is 5. The molecule has 3 nitrogen and oxygen atoms in total. The first-order chi connectivity index (χ1) is 9.11. The second-order valence-electron chi connectivity index (χ2n) is 6.11. The van der Waals surface area contributed by atoms with E-state index in [0.717, 1.165) is 25.6 Å². The van der Waals surface area contributed by atoms with Crippen LogP contribution in [0.2, 0.25) is 0 Å². The molecule has 0 amide bonds. The van der Waals surface area contributed by atoms with E-state index >= 15 is 0 Å². The highest BCUT2D eigenvalue weighted by atomic mass is 32.1. The Morgan fingerprint density at radius 3 is 2.84 bits per heavy atom. The molecular formula is C15H27N3S.